The average Bonchev–Trinajstić information content (AvgIpc) is 2.98. The van der Waals surface area contributed by atoms with Crippen molar-refractivity contribution in [1.82, 2.24) is 15.6 Å². The predicted molar refractivity (Wildman–Crippen MR) is 89.4 cm³/mol. The Morgan fingerprint density at radius 1 is 1.48 bits per heavy atom. The highest BCUT2D eigenvalue weighted by atomic mass is 16.5. The molecule has 1 aromatic heterocycles. The van der Waals surface area contributed by atoms with Crippen LogP contribution in [-0.4, -0.2) is 43.9 Å². The highest BCUT2D eigenvalue weighted by molar-refractivity contribution is 5.74. The van der Waals surface area contributed by atoms with Gasteiger partial charge >= 0.3 is 6.03 Å². The normalized spacial score (nSPS) is 27.7. The molecule has 23 heavy (non-hydrogen) atoms. The lowest BCUT2D eigenvalue weighted by molar-refractivity contribution is -0.108. The van der Waals surface area contributed by atoms with Crippen LogP contribution in [-0.2, 0) is 11.3 Å². The molecule has 6 nitrogen and oxygen atoms in total. The summed E-state index contributed by atoms with van der Waals surface area (Å²) in [6.45, 7) is 5.59. The summed E-state index contributed by atoms with van der Waals surface area (Å²) < 4.78 is 5.76. The maximum absolute atomic E-state index is 12.3. The van der Waals surface area contributed by atoms with Crippen LogP contribution in [0.3, 0.4) is 0 Å². The fraction of sp³-hybridized carbons (Fsp3) is 0.647. The first-order valence-corrected chi connectivity index (χ1v) is 8.18. The number of rotatable bonds is 4. The van der Waals surface area contributed by atoms with Crippen LogP contribution < -0.4 is 15.5 Å². The third-order valence-corrected chi connectivity index (χ3v) is 5.12. The number of hydrogen-bond acceptors (Lipinski definition) is 4. The van der Waals surface area contributed by atoms with E-state index < -0.39 is 0 Å². The van der Waals surface area contributed by atoms with Crippen LogP contribution in [0.4, 0.5) is 10.6 Å². The van der Waals surface area contributed by atoms with E-state index in [0.29, 0.717) is 12.5 Å². The van der Waals surface area contributed by atoms with Gasteiger partial charge in [0.1, 0.15) is 5.82 Å². The summed E-state index contributed by atoms with van der Waals surface area (Å²) >= 11 is 0. The number of ether oxygens (including phenoxy) is 1. The van der Waals surface area contributed by atoms with Crippen LogP contribution in [0.2, 0.25) is 0 Å². The summed E-state index contributed by atoms with van der Waals surface area (Å²) in [6, 6.07) is 3.92. The van der Waals surface area contributed by atoms with Crippen LogP contribution in [0.15, 0.2) is 18.3 Å². The van der Waals surface area contributed by atoms with Crippen molar-refractivity contribution in [3.8, 4) is 0 Å². The molecule has 2 N–H and O–H groups in total. The molecule has 0 spiro atoms. The molecule has 3 unspecified atom stereocenters. The molecular weight excluding hydrogens is 292 g/mol. The summed E-state index contributed by atoms with van der Waals surface area (Å²) in [5, 5.41) is 6.09. The van der Waals surface area contributed by atoms with E-state index in [1.54, 1.807) is 6.20 Å². The third-order valence-electron chi connectivity index (χ3n) is 5.12. The van der Waals surface area contributed by atoms with Crippen LogP contribution >= 0.6 is 0 Å². The molecule has 0 aromatic carbocycles. The molecule has 3 rings (SSSR count). The van der Waals surface area contributed by atoms with Crippen molar-refractivity contribution in [3.05, 3.63) is 23.9 Å². The Hall–Kier alpha value is -1.82. The van der Waals surface area contributed by atoms with Crippen molar-refractivity contribution >= 4 is 11.8 Å². The molecule has 1 saturated heterocycles. The van der Waals surface area contributed by atoms with Gasteiger partial charge in [0.05, 0.1) is 6.10 Å². The molecule has 1 aliphatic heterocycles. The van der Waals surface area contributed by atoms with Crippen molar-refractivity contribution in [3.63, 3.8) is 0 Å². The van der Waals surface area contributed by atoms with Crippen molar-refractivity contribution in [1.29, 1.82) is 0 Å². The van der Waals surface area contributed by atoms with E-state index in [1.807, 2.05) is 31.1 Å². The van der Waals surface area contributed by atoms with Gasteiger partial charge in [0, 0.05) is 56.4 Å². The lowest BCUT2D eigenvalue weighted by atomic mass is 9.57. The Bertz CT molecular complexity index is 588. The van der Waals surface area contributed by atoms with Crippen LogP contribution in [0.1, 0.15) is 25.8 Å². The van der Waals surface area contributed by atoms with E-state index in [4.69, 9.17) is 4.74 Å². The van der Waals surface area contributed by atoms with E-state index >= 15 is 0 Å². The summed E-state index contributed by atoms with van der Waals surface area (Å²) in [5.74, 6) is 1.33. The maximum Gasteiger partial charge on any atom is 0.315 e. The molecule has 0 bridgehead atoms. The predicted octanol–water partition coefficient (Wildman–Crippen LogP) is 1.76. The Morgan fingerprint density at radius 3 is 3.00 bits per heavy atom. The van der Waals surface area contributed by atoms with Gasteiger partial charge in [0.25, 0.3) is 0 Å². The largest absolute Gasteiger partial charge is 0.377 e. The topological polar surface area (TPSA) is 66.5 Å². The highest BCUT2D eigenvalue weighted by Gasteiger charge is 2.59. The number of urea groups is 1. The first kappa shape index (κ1) is 16.1. The van der Waals surface area contributed by atoms with Gasteiger partial charge in [-0.05, 0) is 12.5 Å². The van der Waals surface area contributed by atoms with Gasteiger partial charge in [-0.15, -0.1) is 0 Å². The van der Waals surface area contributed by atoms with Crippen molar-refractivity contribution < 1.29 is 9.53 Å². The van der Waals surface area contributed by atoms with Gasteiger partial charge in [-0.2, -0.15) is 0 Å². The van der Waals surface area contributed by atoms with Crippen LogP contribution in [0.25, 0.3) is 0 Å². The molecule has 3 atom stereocenters. The average molecular weight is 318 g/mol. The second-order valence-electron chi connectivity index (χ2n) is 7.25. The minimum Gasteiger partial charge on any atom is -0.377 e. The second kappa shape index (κ2) is 6.00. The van der Waals surface area contributed by atoms with Crippen LogP contribution in [0, 0.1) is 11.3 Å². The van der Waals surface area contributed by atoms with E-state index in [9.17, 15) is 4.79 Å². The molecule has 6 heteroatoms. The summed E-state index contributed by atoms with van der Waals surface area (Å²) in [7, 11) is 3.89. The van der Waals surface area contributed by atoms with E-state index in [-0.39, 0.29) is 23.6 Å². The number of hydrogen-bond donors (Lipinski definition) is 2. The van der Waals surface area contributed by atoms with E-state index in [2.05, 4.69) is 29.5 Å². The standard InChI is InChI=1S/C17H26N4O2/c1-17(2)13(12-7-9-23-14(12)17)20-16(22)19-10-11-6-5-8-18-15(11)21(3)4/h5-6,8,12-14H,7,9-10H2,1-4H3,(H2,19,20,22). The number of aromatic nitrogens is 1. The van der Waals surface area contributed by atoms with Gasteiger partial charge < -0.3 is 20.3 Å². The van der Waals surface area contributed by atoms with Gasteiger partial charge in [-0.1, -0.05) is 19.9 Å². The monoisotopic (exact) mass is 318 g/mol. The van der Waals surface area contributed by atoms with Crippen molar-refractivity contribution in [2.75, 3.05) is 25.6 Å². The Morgan fingerprint density at radius 2 is 2.26 bits per heavy atom. The number of nitrogens with one attached hydrogen (secondary N) is 2. The van der Waals surface area contributed by atoms with Gasteiger partial charge in [0.15, 0.2) is 0 Å². The molecule has 2 heterocycles. The number of nitrogens with zero attached hydrogens (tertiary/aromatic N) is 2. The molecular formula is C17H26N4O2. The summed E-state index contributed by atoms with van der Waals surface area (Å²) in [6.07, 6.45) is 3.08. The number of carbonyl (C=O) groups excluding carboxylic acids is 1. The minimum atomic E-state index is -0.123. The molecule has 126 valence electrons. The van der Waals surface area contributed by atoms with Crippen LogP contribution in [0.5, 0.6) is 0 Å². The molecule has 2 fully saturated rings. The summed E-state index contributed by atoms with van der Waals surface area (Å²) in [5.41, 5.74) is 1.00. The quantitative estimate of drug-likeness (QED) is 0.888. The number of fused-ring (bicyclic) bond motifs is 1. The van der Waals surface area contributed by atoms with E-state index in [0.717, 1.165) is 24.4 Å². The Balaban J connectivity index is 1.57. The Kier molecular flexibility index (Phi) is 4.19. The number of carbonyl (C=O) groups is 1. The smallest absolute Gasteiger partial charge is 0.315 e. The fourth-order valence-corrected chi connectivity index (χ4v) is 3.96. The van der Waals surface area contributed by atoms with E-state index in [1.165, 1.54) is 0 Å². The Labute approximate surface area is 137 Å². The zero-order chi connectivity index (χ0) is 16.6. The third kappa shape index (κ3) is 2.87. The molecule has 1 aliphatic carbocycles. The van der Waals surface area contributed by atoms with Crippen molar-refractivity contribution in [2.24, 2.45) is 11.3 Å². The second-order valence-corrected chi connectivity index (χ2v) is 7.25. The van der Waals surface area contributed by atoms with Gasteiger partial charge in [0.2, 0.25) is 0 Å². The zero-order valence-corrected chi connectivity index (χ0v) is 14.3. The van der Waals surface area contributed by atoms with Gasteiger partial charge in [-0.3, -0.25) is 0 Å². The fourth-order valence-electron chi connectivity index (χ4n) is 3.96. The zero-order valence-electron chi connectivity index (χ0n) is 14.3. The van der Waals surface area contributed by atoms with Gasteiger partial charge in [-0.25, -0.2) is 9.78 Å². The lowest BCUT2D eigenvalue weighted by Crippen LogP contribution is -2.67. The molecule has 1 saturated carbocycles. The SMILES string of the molecule is CN(C)c1ncccc1CNC(=O)NC1C2CCOC2C1(C)C. The summed E-state index contributed by atoms with van der Waals surface area (Å²) in [4.78, 5) is 18.6. The maximum atomic E-state index is 12.3. The lowest BCUT2D eigenvalue weighted by Gasteiger charge is -2.54. The number of pyridine rings is 1. The number of amides is 2. The molecule has 1 aromatic rings. The van der Waals surface area contributed by atoms with Crippen molar-refractivity contribution in [2.45, 2.75) is 39.0 Å². The molecule has 2 aliphatic rings. The minimum absolute atomic E-state index is 0.00159. The first-order chi connectivity index (χ1) is 10.9. The molecule has 0 radical (unpaired) electrons. The molecule has 2 amide bonds. The number of anilines is 1. The first-order valence-electron chi connectivity index (χ1n) is 8.18. The highest BCUT2D eigenvalue weighted by Crippen LogP contribution is 2.52.